The van der Waals surface area contributed by atoms with Crippen LogP contribution < -0.4 is 0 Å². The van der Waals surface area contributed by atoms with Gasteiger partial charge in [0.25, 0.3) is 5.91 Å². The Hall–Kier alpha value is -1.36. The zero-order valence-electron chi connectivity index (χ0n) is 12.9. The summed E-state index contributed by atoms with van der Waals surface area (Å²) in [7, 11) is 0. The summed E-state index contributed by atoms with van der Waals surface area (Å²) in [5.74, 6) is 0.543. The lowest BCUT2D eigenvalue weighted by Gasteiger charge is -2.23. The Balaban J connectivity index is 1.78. The zero-order valence-corrected chi connectivity index (χ0v) is 12.9. The van der Waals surface area contributed by atoms with E-state index in [2.05, 4.69) is 10.2 Å². The van der Waals surface area contributed by atoms with Crippen LogP contribution in [0.15, 0.2) is 6.20 Å². The van der Waals surface area contributed by atoms with Gasteiger partial charge < -0.3 is 10.0 Å². The lowest BCUT2D eigenvalue weighted by Crippen LogP contribution is -2.35. The van der Waals surface area contributed by atoms with E-state index in [0.29, 0.717) is 24.6 Å². The largest absolute Gasteiger partial charge is 0.388 e. The summed E-state index contributed by atoms with van der Waals surface area (Å²) < 4.78 is 0. The van der Waals surface area contributed by atoms with Crippen molar-refractivity contribution < 1.29 is 9.90 Å². The van der Waals surface area contributed by atoms with Crippen LogP contribution in [0.1, 0.15) is 67.9 Å². The van der Waals surface area contributed by atoms with Crippen LogP contribution in [0.3, 0.4) is 0 Å². The molecular weight excluding hydrogens is 266 g/mol. The number of carbonyl (C=O) groups excluding carboxylic acids is 1. The average molecular weight is 291 g/mol. The standard InChI is InChI=1S/C16H25N3O2/c1-11-9-19(10-16(11,2)21)15(20)13-8-17-18-14(13)12-6-4-3-5-7-12/h8,11-12,21H,3-7,9-10H2,1-2H3,(H,17,18). The third kappa shape index (κ3) is 2.71. The number of hydrogen-bond donors (Lipinski definition) is 2. The number of nitrogens with one attached hydrogen (secondary N) is 1. The highest BCUT2D eigenvalue weighted by Crippen LogP contribution is 2.34. The van der Waals surface area contributed by atoms with Gasteiger partial charge in [-0.3, -0.25) is 9.89 Å². The molecule has 0 radical (unpaired) electrons. The van der Waals surface area contributed by atoms with Crippen LogP contribution in [0.2, 0.25) is 0 Å². The molecule has 5 nitrogen and oxygen atoms in total. The molecule has 2 N–H and O–H groups in total. The minimum atomic E-state index is -0.787. The second kappa shape index (κ2) is 5.44. The summed E-state index contributed by atoms with van der Waals surface area (Å²) in [4.78, 5) is 14.5. The third-order valence-corrected chi connectivity index (χ3v) is 5.27. The van der Waals surface area contributed by atoms with E-state index in [1.807, 2.05) is 13.8 Å². The number of aromatic amines is 1. The normalized spacial score (nSPS) is 30.8. The summed E-state index contributed by atoms with van der Waals surface area (Å²) in [6, 6.07) is 0. The number of rotatable bonds is 2. The monoisotopic (exact) mass is 291 g/mol. The lowest BCUT2D eigenvalue weighted by atomic mass is 9.85. The lowest BCUT2D eigenvalue weighted by molar-refractivity contribution is 0.0351. The van der Waals surface area contributed by atoms with Crippen molar-refractivity contribution in [1.29, 1.82) is 0 Å². The summed E-state index contributed by atoms with van der Waals surface area (Å²) in [6.45, 7) is 4.82. The number of amides is 1. The molecule has 0 spiro atoms. The first kappa shape index (κ1) is 14.6. The van der Waals surface area contributed by atoms with Crippen molar-refractivity contribution in [2.24, 2.45) is 5.92 Å². The van der Waals surface area contributed by atoms with Crippen molar-refractivity contribution in [2.45, 2.75) is 57.5 Å². The molecule has 3 rings (SSSR count). The van der Waals surface area contributed by atoms with Gasteiger partial charge in [-0.2, -0.15) is 5.10 Å². The second-order valence-corrected chi connectivity index (χ2v) is 6.98. The number of aromatic nitrogens is 2. The van der Waals surface area contributed by atoms with Crippen LogP contribution in [0.4, 0.5) is 0 Å². The van der Waals surface area contributed by atoms with Crippen LogP contribution in [0.5, 0.6) is 0 Å². The molecule has 0 aromatic carbocycles. The highest BCUT2D eigenvalue weighted by molar-refractivity contribution is 5.95. The van der Waals surface area contributed by atoms with E-state index in [4.69, 9.17) is 0 Å². The van der Waals surface area contributed by atoms with E-state index in [-0.39, 0.29) is 11.8 Å². The van der Waals surface area contributed by atoms with Gasteiger partial charge in [0.2, 0.25) is 0 Å². The van der Waals surface area contributed by atoms with Crippen molar-refractivity contribution in [1.82, 2.24) is 15.1 Å². The molecule has 2 fully saturated rings. The van der Waals surface area contributed by atoms with Crippen molar-refractivity contribution in [3.05, 3.63) is 17.5 Å². The predicted octanol–water partition coefficient (Wildman–Crippen LogP) is 2.30. The summed E-state index contributed by atoms with van der Waals surface area (Å²) in [5.41, 5.74) is 0.912. The zero-order chi connectivity index (χ0) is 15.0. The van der Waals surface area contributed by atoms with E-state index in [1.165, 1.54) is 19.3 Å². The minimum absolute atomic E-state index is 0.00829. The molecule has 21 heavy (non-hydrogen) atoms. The van der Waals surface area contributed by atoms with Crippen LogP contribution >= 0.6 is 0 Å². The maximum absolute atomic E-state index is 12.8. The fourth-order valence-corrected chi connectivity index (χ4v) is 3.63. The Morgan fingerprint density at radius 1 is 1.43 bits per heavy atom. The van der Waals surface area contributed by atoms with Crippen molar-refractivity contribution >= 4 is 5.91 Å². The topological polar surface area (TPSA) is 69.2 Å². The SMILES string of the molecule is CC1CN(C(=O)c2cn[nH]c2C2CCCCC2)CC1(C)O. The van der Waals surface area contributed by atoms with Gasteiger partial charge in [-0.15, -0.1) is 0 Å². The van der Waals surface area contributed by atoms with E-state index < -0.39 is 5.60 Å². The minimum Gasteiger partial charge on any atom is -0.388 e. The number of aliphatic hydroxyl groups is 1. The molecule has 1 aliphatic carbocycles. The highest BCUT2D eigenvalue weighted by Gasteiger charge is 2.41. The Kier molecular flexibility index (Phi) is 3.78. The Morgan fingerprint density at radius 3 is 2.76 bits per heavy atom. The third-order valence-electron chi connectivity index (χ3n) is 5.27. The number of β-amino-alcohol motifs (C(OH)–C–C–N with tert-alkyl or cyclic N) is 1. The molecule has 2 atom stereocenters. The van der Waals surface area contributed by atoms with Crippen LogP contribution in [0.25, 0.3) is 0 Å². The molecule has 1 saturated carbocycles. The fraction of sp³-hybridized carbons (Fsp3) is 0.750. The summed E-state index contributed by atoms with van der Waals surface area (Å²) >= 11 is 0. The van der Waals surface area contributed by atoms with Crippen molar-refractivity contribution in [2.75, 3.05) is 13.1 Å². The summed E-state index contributed by atoms with van der Waals surface area (Å²) in [5, 5.41) is 17.4. The average Bonchev–Trinajstić information content (AvgIpc) is 3.04. The second-order valence-electron chi connectivity index (χ2n) is 6.98. The quantitative estimate of drug-likeness (QED) is 0.878. The summed E-state index contributed by atoms with van der Waals surface area (Å²) in [6.07, 6.45) is 7.68. The Morgan fingerprint density at radius 2 is 2.14 bits per heavy atom. The van der Waals surface area contributed by atoms with Crippen molar-refractivity contribution in [3.63, 3.8) is 0 Å². The Labute approximate surface area is 125 Å². The molecule has 0 bridgehead atoms. The molecule has 1 aromatic rings. The number of carbonyl (C=O) groups is 1. The van der Waals surface area contributed by atoms with Crippen LogP contribution in [-0.2, 0) is 0 Å². The van der Waals surface area contributed by atoms with Gasteiger partial charge in [0.05, 0.1) is 23.1 Å². The maximum Gasteiger partial charge on any atom is 0.257 e. The number of hydrogen-bond acceptors (Lipinski definition) is 3. The molecule has 5 heteroatoms. The predicted molar refractivity (Wildman–Crippen MR) is 80.1 cm³/mol. The molecule has 1 saturated heterocycles. The van der Waals surface area contributed by atoms with Gasteiger partial charge in [-0.05, 0) is 19.8 Å². The number of likely N-dealkylation sites (tertiary alicyclic amines) is 1. The fourth-order valence-electron chi connectivity index (χ4n) is 3.63. The van der Waals surface area contributed by atoms with Gasteiger partial charge >= 0.3 is 0 Å². The smallest absolute Gasteiger partial charge is 0.257 e. The number of H-pyrrole nitrogens is 1. The molecule has 2 aliphatic rings. The van der Waals surface area contributed by atoms with Crippen LogP contribution in [-0.4, -0.2) is 44.8 Å². The maximum atomic E-state index is 12.8. The first-order valence-electron chi connectivity index (χ1n) is 8.04. The molecule has 1 amide bonds. The van der Waals surface area contributed by atoms with E-state index >= 15 is 0 Å². The molecule has 1 aliphatic heterocycles. The van der Waals surface area contributed by atoms with E-state index in [1.54, 1.807) is 11.1 Å². The molecule has 1 aromatic heterocycles. The molecule has 2 heterocycles. The van der Waals surface area contributed by atoms with Gasteiger partial charge in [-0.1, -0.05) is 26.2 Å². The number of nitrogens with zero attached hydrogens (tertiary/aromatic N) is 2. The van der Waals surface area contributed by atoms with Gasteiger partial charge in [0.1, 0.15) is 0 Å². The van der Waals surface area contributed by atoms with E-state index in [0.717, 1.165) is 18.5 Å². The molecule has 2 unspecified atom stereocenters. The molecular formula is C16H25N3O2. The first-order valence-corrected chi connectivity index (χ1v) is 8.04. The van der Waals surface area contributed by atoms with E-state index in [9.17, 15) is 9.90 Å². The van der Waals surface area contributed by atoms with Gasteiger partial charge in [0, 0.05) is 24.9 Å². The Bertz CT molecular complexity index is 517. The van der Waals surface area contributed by atoms with Gasteiger partial charge in [-0.25, -0.2) is 0 Å². The van der Waals surface area contributed by atoms with Crippen LogP contribution in [0, 0.1) is 5.92 Å². The van der Waals surface area contributed by atoms with Crippen molar-refractivity contribution in [3.8, 4) is 0 Å². The first-order chi connectivity index (χ1) is 9.99. The highest BCUT2D eigenvalue weighted by atomic mass is 16.3. The van der Waals surface area contributed by atoms with Gasteiger partial charge in [0.15, 0.2) is 0 Å². The molecule has 116 valence electrons.